The number of anilines is 1. The van der Waals surface area contributed by atoms with E-state index in [1.54, 1.807) is 10.9 Å². The molecule has 5 nitrogen and oxygen atoms in total. The number of alkyl halides is 3. The summed E-state index contributed by atoms with van der Waals surface area (Å²) in [5.74, 6) is -0.0795. The van der Waals surface area contributed by atoms with Crippen molar-refractivity contribution in [1.82, 2.24) is 14.8 Å². The number of nitrogens with one attached hydrogen (secondary N) is 1. The zero-order chi connectivity index (χ0) is 16.4. The molecule has 0 radical (unpaired) electrons. The molecule has 0 spiro atoms. The van der Waals surface area contributed by atoms with Crippen LogP contribution in [0, 0.1) is 5.92 Å². The van der Waals surface area contributed by atoms with Gasteiger partial charge in [0.05, 0.1) is 11.3 Å². The van der Waals surface area contributed by atoms with E-state index in [4.69, 9.17) is 4.74 Å². The lowest BCUT2D eigenvalue weighted by Crippen LogP contribution is -2.21. The number of aryl methyl sites for hydroxylation is 1. The summed E-state index contributed by atoms with van der Waals surface area (Å²) in [6.45, 7) is 0.937. The lowest BCUT2D eigenvalue weighted by atomic mass is 9.99. The molecule has 0 amide bonds. The maximum atomic E-state index is 13.0. The predicted octanol–water partition coefficient (Wildman–Crippen LogP) is 3.02. The van der Waals surface area contributed by atoms with Gasteiger partial charge in [-0.1, -0.05) is 0 Å². The Labute approximate surface area is 131 Å². The second-order valence-corrected chi connectivity index (χ2v) is 5.50. The number of ether oxygens (including phenoxy) is 1. The van der Waals surface area contributed by atoms with Crippen molar-refractivity contribution >= 4 is 5.82 Å². The Morgan fingerprint density at radius 2 is 2.17 bits per heavy atom. The summed E-state index contributed by atoms with van der Waals surface area (Å²) >= 11 is 0. The Bertz CT molecular complexity index is 671. The monoisotopic (exact) mass is 326 g/mol. The van der Waals surface area contributed by atoms with Crippen molar-refractivity contribution in [2.75, 3.05) is 18.5 Å². The first-order valence-corrected chi connectivity index (χ1v) is 7.32. The normalized spacial score (nSPS) is 21.6. The van der Waals surface area contributed by atoms with Crippen molar-refractivity contribution in [3.63, 3.8) is 0 Å². The first-order valence-electron chi connectivity index (χ1n) is 7.32. The molecule has 0 aromatic carbocycles. The number of pyridine rings is 1. The van der Waals surface area contributed by atoms with Crippen LogP contribution in [-0.2, 0) is 18.0 Å². The molecule has 2 aromatic rings. The van der Waals surface area contributed by atoms with Crippen molar-refractivity contribution in [1.29, 1.82) is 0 Å². The van der Waals surface area contributed by atoms with Crippen LogP contribution in [0.2, 0.25) is 0 Å². The van der Waals surface area contributed by atoms with E-state index in [1.807, 2.05) is 13.1 Å². The number of aromatic nitrogens is 3. The number of hydrogen-bond donors (Lipinski definition) is 1. The van der Waals surface area contributed by atoms with Gasteiger partial charge in [-0.3, -0.25) is 4.68 Å². The number of rotatable bonds is 4. The molecule has 3 rings (SSSR count). The molecule has 8 heteroatoms. The van der Waals surface area contributed by atoms with Gasteiger partial charge in [0, 0.05) is 38.5 Å². The minimum Gasteiger partial charge on any atom is -0.372 e. The summed E-state index contributed by atoms with van der Waals surface area (Å²) in [5.41, 5.74) is 0.169. The highest BCUT2D eigenvalue weighted by Gasteiger charge is 2.35. The molecule has 1 aliphatic heterocycles. The van der Waals surface area contributed by atoms with Crippen LogP contribution < -0.4 is 5.32 Å². The summed E-state index contributed by atoms with van der Waals surface area (Å²) in [6, 6.07) is 4.18. The minimum absolute atomic E-state index is 0.0634. The molecule has 2 atom stereocenters. The van der Waals surface area contributed by atoms with E-state index in [1.165, 1.54) is 12.3 Å². The van der Waals surface area contributed by atoms with Gasteiger partial charge in [-0.2, -0.15) is 18.3 Å². The van der Waals surface area contributed by atoms with Crippen LogP contribution in [0.1, 0.15) is 23.8 Å². The van der Waals surface area contributed by atoms with E-state index < -0.39 is 11.7 Å². The number of nitrogens with zero attached hydrogens (tertiary/aromatic N) is 3. The highest BCUT2D eigenvalue weighted by Crippen LogP contribution is 2.36. The predicted molar refractivity (Wildman–Crippen MR) is 77.7 cm³/mol. The van der Waals surface area contributed by atoms with Crippen molar-refractivity contribution in [3.05, 3.63) is 41.9 Å². The maximum Gasteiger partial charge on any atom is 0.419 e. The highest BCUT2D eigenvalue weighted by molar-refractivity contribution is 5.45. The summed E-state index contributed by atoms with van der Waals surface area (Å²) in [5, 5.41) is 6.95. The summed E-state index contributed by atoms with van der Waals surface area (Å²) in [7, 11) is 1.82. The molecule has 1 N–H and O–H groups in total. The molecule has 0 unspecified atom stereocenters. The number of hydrogen-bond acceptors (Lipinski definition) is 4. The van der Waals surface area contributed by atoms with Crippen LogP contribution in [0.4, 0.5) is 19.0 Å². The van der Waals surface area contributed by atoms with Gasteiger partial charge in [0.25, 0.3) is 0 Å². The topological polar surface area (TPSA) is 52.0 Å². The third-order valence-corrected chi connectivity index (χ3v) is 4.01. The summed E-state index contributed by atoms with van der Waals surface area (Å²) < 4.78 is 46.4. The van der Waals surface area contributed by atoms with Crippen LogP contribution in [0.15, 0.2) is 30.6 Å². The van der Waals surface area contributed by atoms with Crippen molar-refractivity contribution in [2.24, 2.45) is 13.0 Å². The Kier molecular flexibility index (Phi) is 4.25. The maximum absolute atomic E-state index is 13.0. The van der Waals surface area contributed by atoms with Gasteiger partial charge >= 0.3 is 6.18 Å². The molecule has 0 aliphatic carbocycles. The molecular weight excluding hydrogens is 309 g/mol. The van der Waals surface area contributed by atoms with Gasteiger partial charge < -0.3 is 10.1 Å². The Morgan fingerprint density at radius 1 is 1.35 bits per heavy atom. The Hall–Kier alpha value is -2.09. The van der Waals surface area contributed by atoms with Gasteiger partial charge in [0.2, 0.25) is 0 Å². The molecule has 2 aromatic heterocycles. The average Bonchev–Trinajstić information content (AvgIpc) is 3.12. The Morgan fingerprint density at radius 3 is 2.87 bits per heavy atom. The zero-order valence-electron chi connectivity index (χ0n) is 12.5. The van der Waals surface area contributed by atoms with Gasteiger partial charge in [-0.15, -0.1) is 0 Å². The zero-order valence-corrected chi connectivity index (χ0v) is 12.5. The fourth-order valence-corrected chi connectivity index (χ4v) is 2.84. The van der Waals surface area contributed by atoms with E-state index in [-0.39, 0.29) is 17.8 Å². The number of halogens is 3. The molecule has 3 heterocycles. The van der Waals surface area contributed by atoms with Gasteiger partial charge in [0.15, 0.2) is 0 Å². The quantitative estimate of drug-likeness (QED) is 0.938. The van der Waals surface area contributed by atoms with E-state index in [0.29, 0.717) is 13.2 Å². The second-order valence-electron chi connectivity index (χ2n) is 5.50. The molecule has 1 saturated heterocycles. The van der Waals surface area contributed by atoms with Crippen LogP contribution in [-0.4, -0.2) is 27.9 Å². The molecule has 1 aliphatic rings. The van der Waals surface area contributed by atoms with E-state index in [9.17, 15) is 13.2 Å². The van der Waals surface area contributed by atoms with Gasteiger partial charge in [0.1, 0.15) is 11.9 Å². The summed E-state index contributed by atoms with van der Waals surface area (Å²) in [4.78, 5) is 3.82. The molecule has 0 saturated carbocycles. The fraction of sp³-hybridized carbons (Fsp3) is 0.467. The SMILES string of the molecule is Cn1nccc1[C@@H]1OCC[C@H]1CNc1ncccc1C(F)(F)F. The largest absolute Gasteiger partial charge is 0.419 e. The van der Waals surface area contributed by atoms with Crippen molar-refractivity contribution < 1.29 is 17.9 Å². The van der Waals surface area contributed by atoms with Crippen LogP contribution in [0.3, 0.4) is 0 Å². The van der Waals surface area contributed by atoms with Crippen molar-refractivity contribution in [2.45, 2.75) is 18.7 Å². The third-order valence-electron chi connectivity index (χ3n) is 4.01. The van der Waals surface area contributed by atoms with Crippen LogP contribution in [0.5, 0.6) is 0 Å². The molecule has 23 heavy (non-hydrogen) atoms. The van der Waals surface area contributed by atoms with E-state index in [2.05, 4.69) is 15.4 Å². The summed E-state index contributed by atoms with van der Waals surface area (Å²) in [6.07, 6.45) is -0.794. The first kappa shape index (κ1) is 15.8. The minimum atomic E-state index is -4.43. The van der Waals surface area contributed by atoms with Crippen LogP contribution in [0.25, 0.3) is 0 Å². The van der Waals surface area contributed by atoms with Gasteiger partial charge in [-0.25, -0.2) is 4.98 Å². The van der Waals surface area contributed by atoms with Gasteiger partial charge in [-0.05, 0) is 24.6 Å². The van der Waals surface area contributed by atoms with Crippen LogP contribution >= 0.6 is 0 Å². The molecule has 1 fully saturated rings. The molecule has 124 valence electrons. The smallest absolute Gasteiger partial charge is 0.372 e. The van der Waals surface area contributed by atoms with Crippen molar-refractivity contribution in [3.8, 4) is 0 Å². The lowest BCUT2D eigenvalue weighted by molar-refractivity contribution is -0.137. The Balaban J connectivity index is 1.73. The third kappa shape index (κ3) is 3.31. The molecular formula is C15H17F3N4O. The fourth-order valence-electron chi connectivity index (χ4n) is 2.84. The highest BCUT2D eigenvalue weighted by atomic mass is 19.4. The standard InChI is InChI=1S/C15H17F3N4O/c1-22-12(4-7-21-22)13-10(5-8-23-13)9-20-14-11(15(16,17)18)3-2-6-19-14/h2-4,6-7,10,13H,5,8-9H2,1H3,(H,19,20)/t10-,13+/m0/s1. The molecule has 0 bridgehead atoms. The average molecular weight is 326 g/mol. The second kappa shape index (κ2) is 6.19. The van der Waals surface area contributed by atoms with E-state index >= 15 is 0 Å². The lowest BCUT2D eigenvalue weighted by Gasteiger charge is -2.20. The first-order chi connectivity index (χ1) is 11.0. The van der Waals surface area contributed by atoms with E-state index in [0.717, 1.165) is 18.2 Å².